The van der Waals surface area contributed by atoms with E-state index in [1.165, 1.54) is 31.7 Å². The van der Waals surface area contributed by atoms with Crippen LogP contribution in [0.1, 0.15) is 52.0 Å². The van der Waals surface area contributed by atoms with Gasteiger partial charge in [-0.1, -0.05) is 13.8 Å². The van der Waals surface area contributed by atoms with Crippen LogP contribution in [0.2, 0.25) is 0 Å². The first-order valence-electron chi connectivity index (χ1n) is 9.75. The van der Waals surface area contributed by atoms with Gasteiger partial charge in [0.2, 0.25) is 0 Å². The Balaban J connectivity index is 1.57. The standard InChI is InChI=1S/C21H30FN3O/c1-20(2)10-13-4-5-14(20)8-18(13)24-15-6-7-17(22)16(9-15)21(3)12-26-11-19(23)25-21/h6-7,9,13-14,18,24H,4-5,8,10-12H2,1-3H3,(H2,23,25)/t13-,14-,18-,21-/m0/s1. The lowest BCUT2D eigenvalue weighted by Gasteiger charge is -2.52. The zero-order valence-corrected chi connectivity index (χ0v) is 16.0. The van der Waals surface area contributed by atoms with Gasteiger partial charge in [-0.05, 0) is 68.1 Å². The Morgan fingerprint density at radius 1 is 1.27 bits per heavy atom. The Labute approximate surface area is 155 Å². The first-order chi connectivity index (χ1) is 12.3. The molecule has 3 saturated carbocycles. The van der Waals surface area contributed by atoms with Gasteiger partial charge >= 0.3 is 0 Å². The number of hydrogen-bond acceptors (Lipinski definition) is 4. The van der Waals surface area contributed by atoms with Crippen molar-refractivity contribution < 1.29 is 9.13 Å². The lowest BCUT2D eigenvalue weighted by Crippen LogP contribution is -2.48. The number of benzene rings is 1. The maximum absolute atomic E-state index is 14.6. The maximum atomic E-state index is 14.6. The highest BCUT2D eigenvalue weighted by Gasteiger charge is 2.46. The second-order valence-electron chi connectivity index (χ2n) is 9.28. The number of nitrogens with zero attached hydrogens (tertiary/aromatic N) is 1. The van der Waals surface area contributed by atoms with E-state index in [1.807, 2.05) is 19.1 Å². The van der Waals surface area contributed by atoms with E-state index in [2.05, 4.69) is 24.2 Å². The van der Waals surface area contributed by atoms with Crippen LogP contribution in [-0.4, -0.2) is 25.1 Å². The molecule has 1 aromatic carbocycles. The Morgan fingerprint density at radius 2 is 2.08 bits per heavy atom. The average Bonchev–Trinajstić information content (AvgIpc) is 2.57. The first-order valence-corrected chi connectivity index (χ1v) is 9.75. The van der Waals surface area contributed by atoms with Gasteiger partial charge in [0.05, 0.1) is 6.61 Å². The number of anilines is 1. The summed E-state index contributed by atoms with van der Waals surface area (Å²) < 4.78 is 20.1. The highest BCUT2D eigenvalue weighted by atomic mass is 19.1. The van der Waals surface area contributed by atoms with Gasteiger partial charge in [-0.3, -0.25) is 4.99 Å². The predicted molar refractivity (Wildman–Crippen MR) is 103 cm³/mol. The van der Waals surface area contributed by atoms with Crippen molar-refractivity contribution in [3.63, 3.8) is 0 Å². The molecule has 0 aromatic heterocycles. The molecule has 3 fully saturated rings. The molecule has 1 heterocycles. The number of fused-ring (bicyclic) bond motifs is 3. The molecule has 1 aliphatic heterocycles. The van der Waals surface area contributed by atoms with Crippen molar-refractivity contribution in [3.8, 4) is 0 Å². The van der Waals surface area contributed by atoms with E-state index in [4.69, 9.17) is 10.5 Å². The highest BCUT2D eigenvalue weighted by Crippen LogP contribution is 2.52. The monoisotopic (exact) mass is 359 g/mol. The second kappa shape index (κ2) is 6.22. The van der Waals surface area contributed by atoms with Crippen LogP contribution in [0.3, 0.4) is 0 Å². The van der Waals surface area contributed by atoms with Gasteiger partial charge in [0.1, 0.15) is 23.8 Å². The molecule has 4 aliphatic rings. The molecule has 0 saturated heterocycles. The molecule has 0 amide bonds. The molecule has 1 aromatic rings. The highest BCUT2D eigenvalue weighted by molar-refractivity contribution is 5.82. The van der Waals surface area contributed by atoms with E-state index in [0.717, 1.165) is 11.6 Å². The lowest BCUT2D eigenvalue weighted by molar-refractivity contribution is 0.0215. The fourth-order valence-electron chi connectivity index (χ4n) is 5.32. The molecule has 0 spiro atoms. The zero-order valence-electron chi connectivity index (χ0n) is 16.0. The third kappa shape index (κ3) is 3.11. The van der Waals surface area contributed by atoms with Crippen molar-refractivity contribution in [2.45, 2.75) is 58.0 Å². The third-order valence-electron chi connectivity index (χ3n) is 6.81. The van der Waals surface area contributed by atoms with Crippen LogP contribution in [0.25, 0.3) is 0 Å². The number of nitrogens with two attached hydrogens (primary N) is 1. The lowest BCUT2D eigenvalue weighted by atomic mass is 9.56. The van der Waals surface area contributed by atoms with E-state index in [-0.39, 0.29) is 5.82 Å². The van der Waals surface area contributed by atoms with Crippen molar-refractivity contribution in [3.05, 3.63) is 29.6 Å². The molecule has 5 heteroatoms. The van der Waals surface area contributed by atoms with Gasteiger partial charge < -0.3 is 15.8 Å². The molecular formula is C21H30FN3O. The number of aliphatic imine (C=N–C) groups is 1. The van der Waals surface area contributed by atoms with E-state index < -0.39 is 5.54 Å². The van der Waals surface area contributed by atoms with Crippen LogP contribution in [0, 0.1) is 23.1 Å². The van der Waals surface area contributed by atoms with Crippen LogP contribution in [-0.2, 0) is 10.3 Å². The third-order valence-corrected chi connectivity index (χ3v) is 6.81. The normalized spacial score (nSPS) is 35.8. The Hall–Kier alpha value is -1.62. The quantitative estimate of drug-likeness (QED) is 0.856. The van der Waals surface area contributed by atoms with Gasteiger partial charge in [-0.2, -0.15) is 0 Å². The van der Waals surface area contributed by atoms with Crippen molar-refractivity contribution in [2.75, 3.05) is 18.5 Å². The summed E-state index contributed by atoms with van der Waals surface area (Å²) in [5, 5.41) is 3.70. The zero-order chi connectivity index (χ0) is 18.5. The SMILES string of the molecule is CC1(C)C[C@@H]2CC[C@H]1C[C@@H]2Nc1ccc(F)c([C@]2(C)COCC(N)=N2)c1. The number of ether oxygens (including phenoxy) is 1. The molecule has 26 heavy (non-hydrogen) atoms. The topological polar surface area (TPSA) is 59.6 Å². The molecule has 0 radical (unpaired) electrons. The number of amidine groups is 1. The van der Waals surface area contributed by atoms with Gasteiger partial charge in [0, 0.05) is 17.3 Å². The van der Waals surface area contributed by atoms with Gasteiger partial charge in [-0.25, -0.2) is 4.39 Å². The van der Waals surface area contributed by atoms with Crippen molar-refractivity contribution in [2.24, 2.45) is 28.0 Å². The predicted octanol–water partition coefficient (Wildman–Crippen LogP) is 4.06. The Bertz CT molecular complexity index is 732. The number of nitrogens with one attached hydrogen (secondary N) is 1. The minimum Gasteiger partial charge on any atom is -0.386 e. The fraction of sp³-hybridized carbons (Fsp3) is 0.667. The fourth-order valence-corrected chi connectivity index (χ4v) is 5.32. The molecule has 2 bridgehead atoms. The van der Waals surface area contributed by atoms with Crippen LogP contribution in [0.15, 0.2) is 23.2 Å². The van der Waals surface area contributed by atoms with E-state index in [1.54, 1.807) is 0 Å². The molecule has 5 rings (SSSR count). The molecule has 4 nitrogen and oxygen atoms in total. The summed E-state index contributed by atoms with van der Waals surface area (Å²) in [4.78, 5) is 4.49. The van der Waals surface area contributed by atoms with Gasteiger partial charge in [-0.15, -0.1) is 0 Å². The van der Waals surface area contributed by atoms with Gasteiger partial charge in [0.15, 0.2) is 0 Å². The summed E-state index contributed by atoms with van der Waals surface area (Å²) in [5.74, 6) is 1.64. The second-order valence-corrected chi connectivity index (χ2v) is 9.28. The van der Waals surface area contributed by atoms with Crippen molar-refractivity contribution in [1.82, 2.24) is 0 Å². The molecule has 3 N–H and O–H groups in total. The number of rotatable bonds is 3. The summed E-state index contributed by atoms with van der Waals surface area (Å²) in [6, 6.07) is 5.75. The summed E-state index contributed by atoms with van der Waals surface area (Å²) in [7, 11) is 0. The largest absolute Gasteiger partial charge is 0.386 e. The smallest absolute Gasteiger partial charge is 0.129 e. The molecule has 4 atom stereocenters. The van der Waals surface area contributed by atoms with Crippen LogP contribution < -0.4 is 11.1 Å². The number of halogens is 1. The van der Waals surface area contributed by atoms with E-state index >= 15 is 0 Å². The minimum atomic E-state index is -0.766. The van der Waals surface area contributed by atoms with E-state index in [9.17, 15) is 4.39 Å². The Morgan fingerprint density at radius 3 is 2.73 bits per heavy atom. The van der Waals surface area contributed by atoms with Crippen LogP contribution in [0.5, 0.6) is 0 Å². The summed E-state index contributed by atoms with van der Waals surface area (Å²) in [6.07, 6.45) is 5.12. The Kier molecular flexibility index (Phi) is 4.25. The average molecular weight is 359 g/mol. The van der Waals surface area contributed by atoms with E-state index in [0.29, 0.717) is 42.0 Å². The van der Waals surface area contributed by atoms with Crippen LogP contribution >= 0.6 is 0 Å². The minimum absolute atomic E-state index is 0.258. The van der Waals surface area contributed by atoms with Crippen LogP contribution in [0.4, 0.5) is 10.1 Å². The first kappa shape index (κ1) is 17.8. The van der Waals surface area contributed by atoms with Gasteiger partial charge in [0.25, 0.3) is 0 Å². The molecular weight excluding hydrogens is 329 g/mol. The maximum Gasteiger partial charge on any atom is 0.129 e. The summed E-state index contributed by atoms with van der Waals surface area (Å²) >= 11 is 0. The molecule has 0 unspecified atom stereocenters. The number of hydrogen-bond donors (Lipinski definition) is 2. The molecule has 3 aliphatic carbocycles. The van der Waals surface area contributed by atoms with Crippen molar-refractivity contribution in [1.29, 1.82) is 0 Å². The van der Waals surface area contributed by atoms with Crippen molar-refractivity contribution >= 4 is 11.5 Å². The molecule has 142 valence electrons. The summed E-state index contributed by atoms with van der Waals surface area (Å²) in [5.41, 5.74) is 7.04. The summed E-state index contributed by atoms with van der Waals surface area (Å²) in [6.45, 7) is 7.35.